The van der Waals surface area contributed by atoms with Gasteiger partial charge in [-0.15, -0.1) is 0 Å². The standard InChI is InChI=1S/C24H17NO/c26-23-16-15-20-13-7-8-14-21(20)24(23)25-17-22(18-9-3-1-4-10-18)19-11-5-2-6-12-19/h1-16,26H. The van der Waals surface area contributed by atoms with Crippen molar-refractivity contribution in [1.29, 1.82) is 0 Å². The lowest BCUT2D eigenvalue weighted by Gasteiger charge is -2.06. The molecule has 0 heterocycles. The van der Waals surface area contributed by atoms with Crippen LogP contribution in [0.15, 0.2) is 102 Å². The molecule has 0 bridgehead atoms. The van der Waals surface area contributed by atoms with E-state index in [0.717, 1.165) is 27.5 Å². The molecule has 26 heavy (non-hydrogen) atoms. The van der Waals surface area contributed by atoms with Crippen molar-refractivity contribution < 1.29 is 5.11 Å². The van der Waals surface area contributed by atoms with E-state index in [2.05, 4.69) is 10.9 Å². The highest BCUT2D eigenvalue weighted by Crippen LogP contribution is 2.34. The van der Waals surface area contributed by atoms with Crippen molar-refractivity contribution in [2.75, 3.05) is 0 Å². The molecular formula is C24H17NO. The highest BCUT2D eigenvalue weighted by molar-refractivity contribution is 6.02. The number of phenolic OH excluding ortho intramolecular Hbond substituents is 1. The SMILES string of the molecule is Oc1ccc2ccccc2c1N=C=C(c1ccccc1)c1ccccc1. The lowest BCUT2D eigenvalue weighted by atomic mass is 9.99. The highest BCUT2D eigenvalue weighted by atomic mass is 16.3. The van der Waals surface area contributed by atoms with Gasteiger partial charge in [-0.05, 0) is 28.4 Å². The van der Waals surface area contributed by atoms with Gasteiger partial charge in [-0.25, -0.2) is 4.99 Å². The molecule has 0 fully saturated rings. The van der Waals surface area contributed by atoms with Crippen LogP contribution in [0.1, 0.15) is 11.1 Å². The molecule has 2 nitrogen and oxygen atoms in total. The van der Waals surface area contributed by atoms with Crippen molar-refractivity contribution in [3.63, 3.8) is 0 Å². The molecule has 124 valence electrons. The van der Waals surface area contributed by atoms with E-state index < -0.39 is 0 Å². The summed E-state index contributed by atoms with van der Waals surface area (Å²) in [6.45, 7) is 0. The molecule has 0 aliphatic rings. The summed E-state index contributed by atoms with van der Waals surface area (Å²) in [5.74, 6) is 3.33. The zero-order chi connectivity index (χ0) is 17.8. The van der Waals surface area contributed by atoms with E-state index in [9.17, 15) is 5.11 Å². The molecule has 4 aromatic carbocycles. The minimum absolute atomic E-state index is 0.150. The van der Waals surface area contributed by atoms with Crippen LogP contribution >= 0.6 is 0 Å². The Morgan fingerprint density at radius 1 is 0.654 bits per heavy atom. The van der Waals surface area contributed by atoms with Crippen molar-refractivity contribution in [3.8, 4) is 5.75 Å². The number of aliphatic imine (C=N–C) groups is 1. The van der Waals surface area contributed by atoms with E-state index in [1.165, 1.54) is 0 Å². The maximum Gasteiger partial charge on any atom is 0.142 e. The number of nitrogens with zero attached hydrogens (tertiary/aromatic N) is 1. The Kier molecular flexibility index (Phi) is 4.34. The number of fused-ring (bicyclic) bond motifs is 1. The Hall–Kier alpha value is -3.61. The van der Waals surface area contributed by atoms with Crippen LogP contribution in [-0.4, -0.2) is 11.0 Å². The van der Waals surface area contributed by atoms with Gasteiger partial charge in [-0.1, -0.05) is 91.0 Å². The fraction of sp³-hybridized carbons (Fsp3) is 0. The first-order chi connectivity index (χ1) is 12.8. The van der Waals surface area contributed by atoms with Gasteiger partial charge in [0.2, 0.25) is 0 Å². The highest BCUT2D eigenvalue weighted by Gasteiger charge is 2.07. The van der Waals surface area contributed by atoms with Gasteiger partial charge in [0.25, 0.3) is 0 Å². The van der Waals surface area contributed by atoms with Gasteiger partial charge < -0.3 is 5.11 Å². The summed E-state index contributed by atoms with van der Waals surface area (Å²) in [4.78, 5) is 4.55. The molecule has 0 aliphatic heterocycles. The Labute approximate surface area is 152 Å². The maximum absolute atomic E-state index is 10.3. The molecule has 0 amide bonds. The lowest BCUT2D eigenvalue weighted by molar-refractivity contribution is 0.477. The second kappa shape index (κ2) is 7.10. The van der Waals surface area contributed by atoms with Gasteiger partial charge >= 0.3 is 0 Å². The minimum atomic E-state index is 0.150. The summed E-state index contributed by atoms with van der Waals surface area (Å²) in [5.41, 5.74) is 3.48. The van der Waals surface area contributed by atoms with E-state index in [1.807, 2.05) is 91.0 Å². The van der Waals surface area contributed by atoms with Gasteiger partial charge in [0.05, 0.1) is 5.57 Å². The molecule has 1 N–H and O–H groups in total. The summed E-state index contributed by atoms with van der Waals surface area (Å²) < 4.78 is 0. The van der Waals surface area contributed by atoms with Crippen molar-refractivity contribution in [3.05, 3.63) is 108 Å². The Bertz CT molecular complexity index is 1070. The third-order valence-electron chi connectivity index (χ3n) is 4.28. The Morgan fingerprint density at radius 3 is 1.88 bits per heavy atom. The van der Waals surface area contributed by atoms with E-state index in [0.29, 0.717) is 5.69 Å². The number of benzene rings is 4. The predicted molar refractivity (Wildman–Crippen MR) is 108 cm³/mol. The Balaban J connectivity index is 1.95. The molecule has 0 aliphatic carbocycles. The molecule has 4 aromatic rings. The molecule has 4 rings (SSSR count). The third-order valence-corrected chi connectivity index (χ3v) is 4.28. The van der Waals surface area contributed by atoms with Crippen LogP contribution in [0.4, 0.5) is 5.69 Å². The van der Waals surface area contributed by atoms with Crippen LogP contribution in [0.5, 0.6) is 5.75 Å². The molecule has 0 atom stereocenters. The zero-order valence-corrected chi connectivity index (χ0v) is 14.1. The molecule has 2 heteroatoms. The second-order valence-electron chi connectivity index (χ2n) is 5.99. The number of hydrogen-bond donors (Lipinski definition) is 1. The molecular weight excluding hydrogens is 318 g/mol. The van der Waals surface area contributed by atoms with E-state index in [1.54, 1.807) is 6.07 Å². The van der Waals surface area contributed by atoms with Gasteiger partial charge in [-0.3, -0.25) is 0 Å². The third kappa shape index (κ3) is 3.14. The van der Waals surface area contributed by atoms with Crippen molar-refractivity contribution >= 4 is 27.9 Å². The summed E-state index contributed by atoms with van der Waals surface area (Å²) in [5, 5.41) is 12.3. The average Bonchev–Trinajstić information content (AvgIpc) is 2.71. The largest absolute Gasteiger partial charge is 0.506 e. The summed E-state index contributed by atoms with van der Waals surface area (Å²) in [7, 11) is 0. The number of hydrogen-bond acceptors (Lipinski definition) is 2. The van der Waals surface area contributed by atoms with Crippen molar-refractivity contribution in [1.82, 2.24) is 0 Å². The second-order valence-corrected chi connectivity index (χ2v) is 5.99. The first kappa shape index (κ1) is 15.9. The predicted octanol–water partition coefficient (Wildman–Crippen LogP) is 5.98. The van der Waals surface area contributed by atoms with Gasteiger partial charge in [0.15, 0.2) is 0 Å². The lowest BCUT2D eigenvalue weighted by Crippen LogP contribution is -1.88. The molecule has 0 saturated heterocycles. The monoisotopic (exact) mass is 335 g/mol. The quantitative estimate of drug-likeness (QED) is 0.459. The maximum atomic E-state index is 10.3. The van der Waals surface area contributed by atoms with Gasteiger partial charge in [-0.2, -0.15) is 0 Å². The van der Waals surface area contributed by atoms with Crippen molar-refractivity contribution in [2.45, 2.75) is 0 Å². The van der Waals surface area contributed by atoms with Crippen LogP contribution < -0.4 is 0 Å². The molecule has 0 saturated carbocycles. The topological polar surface area (TPSA) is 32.6 Å². The zero-order valence-electron chi connectivity index (χ0n) is 14.1. The average molecular weight is 335 g/mol. The molecule has 0 radical (unpaired) electrons. The fourth-order valence-corrected chi connectivity index (χ4v) is 2.98. The number of aromatic hydroxyl groups is 1. The fourth-order valence-electron chi connectivity index (χ4n) is 2.98. The van der Waals surface area contributed by atoms with Crippen LogP contribution in [0.2, 0.25) is 0 Å². The van der Waals surface area contributed by atoms with Gasteiger partial charge in [0.1, 0.15) is 11.4 Å². The van der Waals surface area contributed by atoms with Gasteiger partial charge in [0, 0.05) is 5.39 Å². The van der Waals surface area contributed by atoms with Crippen LogP contribution in [0.25, 0.3) is 16.3 Å². The summed E-state index contributed by atoms with van der Waals surface area (Å²) in [6, 6.07) is 31.5. The van der Waals surface area contributed by atoms with E-state index in [-0.39, 0.29) is 5.75 Å². The van der Waals surface area contributed by atoms with E-state index >= 15 is 0 Å². The minimum Gasteiger partial charge on any atom is -0.506 e. The normalized spacial score (nSPS) is 10.3. The molecule has 0 unspecified atom stereocenters. The van der Waals surface area contributed by atoms with E-state index in [4.69, 9.17) is 0 Å². The number of rotatable bonds is 3. The smallest absolute Gasteiger partial charge is 0.142 e. The summed E-state index contributed by atoms with van der Waals surface area (Å²) in [6.07, 6.45) is 0. The molecule has 0 aromatic heterocycles. The molecule has 0 spiro atoms. The summed E-state index contributed by atoms with van der Waals surface area (Å²) >= 11 is 0. The Morgan fingerprint density at radius 2 is 1.23 bits per heavy atom. The van der Waals surface area contributed by atoms with Crippen molar-refractivity contribution in [2.24, 2.45) is 4.99 Å². The number of phenols is 1. The first-order valence-electron chi connectivity index (χ1n) is 8.48. The first-order valence-corrected chi connectivity index (χ1v) is 8.48. The van der Waals surface area contributed by atoms with Crippen LogP contribution in [-0.2, 0) is 0 Å². The van der Waals surface area contributed by atoms with Crippen LogP contribution in [0.3, 0.4) is 0 Å². The van der Waals surface area contributed by atoms with Crippen LogP contribution in [0, 0.1) is 0 Å².